The Bertz CT molecular complexity index is 1350. The van der Waals surface area contributed by atoms with Gasteiger partial charge in [-0.3, -0.25) is 4.79 Å². The highest BCUT2D eigenvalue weighted by atomic mass is 19.4. The summed E-state index contributed by atoms with van der Waals surface area (Å²) in [5, 5.41) is 10.3. The Morgan fingerprint density at radius 2 is 1.71 bits per heavy atom. The molecular formula is C32H40F3N5O2. The molecule has 3 atom stereocenters. The summed E-state index contributed by atoms with van der Waals surface area (Å²) < 4.78 is 45.1. The molecule has 10 heteroatoms. The molecular weight excluding hydrogens is 543 g/mol. The first kappa shape index (κ1) is 29.9. The van der Waals surface area contributed by atoms with Crippen LogP contribution in [-0.4, -0.2) is 47.6 Å². The minimum absolute atomic E-state index is 0.135. The largest absolute Gasteiger partial charge is 0.424 e. The van der Waals surface area contributed by atoms with Crippen LogP contribution in [0.4, 0.5) is 24.9 Å². The highest BCUT2D eigenvalue weighted by Gasteiger charge is 2.32. The van der Waals surface area contributed by atoms with Crippen LogP contribution >= 0.6 is 0 Å². The molecule has 0 bridgehead atoms. The summed E-state index contributed by atoms with van der Waals surface area (Å²) in [5.74, 6) is 0.445. The molecule has 5 rings (SSSR count). The molecule has 0 spiro atoms. The van der Waals surface area contributed by atoms with Crippen LogP contribution in [0.25, 0.3) is 11.3 Å². The summed E-state index contributed by atoms with van der Waals surface area (Å²) in [6.07, 6.45) is 3.57. The Hall–Kier alpha value is -3.53. The molecule has 2 aliphatic rings. The molecule has 3 aromatic rings. The van der Waals surface area contributed by atoms with Gasteiger partial charge in [-0.25, -0.2) is 4.98 Å². The van der Waals surface area contributed by atoms with Crippen LogP contribution in [0.15, 0.2) is 59.1 Å². The van der Waals surface area contributed by atoms with Crippen LogP contribution in [0, 0.1) is 0 Å². The van der Waals surface area contributed by atoms with Crippen LogP contribution in [0.3, 0.4) is 0 Å². The molecule has 1 saturated carbocycles. The smallest absolute Gasteiger partial charge is 0.416 e. The summed E-state index contributed by atoms with van der Waals surface area (Å²) in [5.41, 5.74) is 1.20. The van der Waals surface area contributed by atoms with Crippen molar-refractivity contribution in [3.63, 3.8) is 0 Å². The fraction of sp³-hybridized carbons (Fsp3) is 0.500. The summed E-state index contributed by atoms with van der Waals surface area (Å²) in [6, 6.07) is 13.8. The first-order chi connectivity index (χ1) is 19.9. The van der Waals surface area contributed by atoms with E-state index in [0.717, 1.165) is 75.0 Å². The Labute approximate surface area is 245 Å². The highest BCUT2D eigenvalue weighted by molar-refractivity contribution is 5.95. The number of benzene rings is 2. The number of rotatable bonds is 7. The molecule has 1 saturated heterocycles. The van der Waals surface area contributed by atoms with E-state index in [2.05, 4.69) is 25.8 Å². The van der Waals surface area contributed by atoms with E-state index in [1.807, 2.05) is 39.0 Å². The molecule has 42 heavy (non-hydrogen) atoms. The lowest BCUT2D eigenvalue weighted by Crippen LogP contribution is -2.54. The molecule has 1 amide bonds. The van der Waals surface area contributed by atoms with Crippen molar-refractivity contribution in [2.45, 2.75) is 89.1 Å². The molecule has 2 aromatic carbocycles. The van der Waals surface area contributed by atoms with Gasteiger partial charge in [-0.05, 0) is 82.9 Å². The Morgan fingerprint density at radius 3 is 2.43 bits per heavy atom. The quantitative estimate of drug-likeness (QED) is 0.282. The maximum atomic E-state index is 13.0. The van der Waals surface area contributed by atoms with Crippen molar-refractivity contribution < 1.29 is 22.4 Å². The third kappa shape index (κ3) is 7.65. The molecule has 1 aliphatic carbocycles. The van der Waals surface area contributed by atoms with Gasteiger partial charge in [-0.15, -0.1) is 0 Å². The van der Waals surface area contributed by atoms with Crippen molar-refractivity contribution >= 4 is 17.6 Å². The van der Waals surface area contributed by atoms with Gasteiger partial charge in [0.05, 0.1) is 11.8 Å². The van der Waals surface area contributed by atoms with E-state index in [-0.39, 0.29) is 29.6 Å². The Kier molecular flexibility index (Phi) is 8.82. The minimum Gasteiger partial charge on any atom is -0.424 e. The van der Waals surface area contributed by atoms with Crippen LogP contribution in [0.5, 0.6) is 0 Å². The van der Waals surface area contributed by atoms with Crippen molar-refractivity contribution in [1.29, 1.82) is 0 Å². The maximum Gasteiger partial charge on any atom is 0.416 e. The number of oxazole rings is 1. The lowest BCUT2D eigenvalue weighted by Gasteiger charge is -2.40. The number of amides is 1. The number of nitrogens with zero attached hydrogens (tertiary/aromatic N) is 2. The van der Waals surface area contributed by atoms with E-state index in [0.29, 0.717) is 17.3 Å². The van der Waals surface area contributed by atoms with Gasteiger partial charge in [0.15, 0.2) is 5.76 Å². The average Bonchev–Trinajstić information content (AvgIpc) is 3.42. The van der Waals surface area contributed by atoms with E-state index in [1.54, 1.807) is 24.4 Å². The molecule has 2 heterocycles. The van der Waals surface area contributed by atoms with Crippen LogP contribution < -0.4 is 20.9 Å². The zero-order chi connectivity index (χ0) is 29.9. The number of hydrogen-bond acceptors (Lipinski definition) is 6. The summed E-state index contributed by atoms with van der Waals surface area (Å²) in [7, 11) is 0. The molecule has 1 aliphatic heterocycles. The lowest BCUT2D eigenvalue weighted by molar-refractivity contribution is -0.137. The molecule has 226 valence electrons. The Balaban J connectivity index is 1.21. The van der Waals surface area contributed by atoms with Gasteiger partial charge in [-0.1, -0.05) is 25.0 Å². The van der Waals surface area contributed by atoms with Crippen LogP contribution in [0.2, 0.25) is 0 Å². The van der Waals surface area contributed by atoms with Gasteiger partial charge in [0, 0.05) is 53.6 Å². The van der Waals surface area contributed by atoms with Gasteiger partial charge in [-0.2, -0.15) is 13.2 Å². The second-order valence-electron chi connectivity index (χ2n) is 12.5. The van der Waals surface area contributed by atoms with E-state index in [9.17, 15) is 18.0 Å². The van der Waals surface area contributed by atoms with Crippen molar-refractivity contribution in [2.24, 2.45) is 0 Å². The minimum atomic E-state index is -4.33. The number of halogens is 3. The summed E-state index contributed by atoms with van der Waals surface area (Å²) in [6.45, 7) is 7.41. The molecule has 0 radical (unpaired) electrons. The van der Waals surface area contributed by atoms with Crippen LogP contribution in [0.1, 0.15) is 75.2 Å². The number of alkyl halides is 3. The summed E-state index contributed by atoms with van der Waals surface area (Å²) >= 11 is 0. The monoisotopic (exact) mass is 583 g/mol. The number of carbonyl (C=O) groups excluding carboxylic acids is 1. The van der Waals surface area contributed by atoms with E-state index in [1.165, 1.54) is 0 Å². The first-order valence-electron chi connectivity index (χ1n) is 14.8. The lowest BCUT2D eigenvalue weighted by atomic mass is 9.89. The van der Waals surface area contributed by atoms with Crippen molar-refractivity contribution in [3.8, 4) is 11.3 Å². The third-order valence-electron chi connectivity index (χ3n) is 7.91. The summed E-state index contributed by atoms with van der Waals surface area (Å²) in [4.78, 5) is 19.3. The van der Waals surface area contributed by atoms with Gasteiger partial charge in [0.2, 0.25) is 0 Å². The van der Waals surface area contributed by atoms with E-state index in [4.69, 9.17) is 4.42 Å². The number of anilines is 2. The first-order valence-corrected chi connectivity index (χ1v) is 14.8. The van der Waals surface area contributed by atoms with E-state index >= 15 is 0 Å². The number of carbonyl (C=O) groups is 1. The number of hydrogen-bond donors (Lipinski definition) is 3. The second kappa shape index (κ2) is 12.4. The predicted molar refractivity (Wildman–Crippen MR) is 159 cm³/mol. The van der Waals surface area contributed by atoms with Gasteiger partial charge in [0.25, 0.3) is 11.9 Å². The SMILES string of the molecule is CC(C)(C)NC(=O)c1cccc(-c2cnc(N[C@@H]3CCCC[C@H]3N[C@H]3CCCN(c4ccc(C(F)(F)F)cc4)C3)o2)c1. The van der Waals surface area contributed by atoms with Gasteiger partial charge < -0.3 is 25.3 Å². The zero-order valence-corrected chi connectivity index (χ0v) is 24.4. The number of piperidine rings is 1. The molecule has 2 fully saturated rings. The molecule has 7 nitrogen and oxygen atoms in total. The van der Waals surface area contributed by atoms with Crippen LogP contribution in [-0.2, 0) is 6.18 Å². The van der Waals surface area contributed by atoms with Gasteiger partial charge in [0.1, 0.15) is 0 Å². The second-order valence-corrected chi connectivity index (χ2v) is 12.5. The number of aromatic nitrogens is 1. The normalized spacial score (nSPS) is 21.7. The molecule has 0 unspecified atom stereocenters. The standard InChI is InChI=1S/C32H40F3N5O2/c1-31(2,3)39-29(41)22-9-6-8-21(18-22)28-19-36-30(42-28)38-27-12-5-4-11-26(27)37-24-10-7-17-40(20-24)25-15-13-23(14-16-25)32(33,34)35/h6,8-9,13-16,18-19,24,26-27,37H,4-5,7,10-12,17,20H2,1-3H3,(H,36,38)(H,39,41)/t24-,26+,27+/m0/s1. The fourth-order valence-electron chi connectivity index (χ4n) is 5.87. The Morgan fingerprint density at radius 1 is 0.976 bits per heavy atom. The van der Waals surface area contributed by atoms with Crippen molar-refractivity contribution in [1.82, 2.24) is 15.6 Å². The average molecular weight is 584 g/mol. The van der Waals surface area contributed by atoms with Crippen molar-refractivity contribution in [3.05, 3.63) is 65.9 Å². The highest BCUT2D eigenvalue weighted by Crippen LogP contribution is 2.32. The molecule has 1 aromatic heterocycles. The fourth-order valence-corrected chi connectivity index (χ4v) is 5.87. The van der Waals surface area contributed by atoms with Gasteiger partial charge >= 0.3 is 6.18 Å². The van der Waals surface area contributed by atoms with Crippen molar-refractivity contribution in [2.75, 3.05) is 23.3 Å². The molecule has 3 N–H and O–H groups in total. The predicted octanol–water partition coefficient (Wildman–Crippen LogP) is 6.87. The topological polar surface area (TPSA) is 82.4 Å². The van der Waals surface area contributed by atoms with E-state index < -0.39 is 11.7 Å². The third-order valence-corrected chi connectivity index (χ3v) is 7.91. The number of nitrogens with one attached hydrogen (secondary N) is 3. The zero-order valence-electron chi connectivity index (χ0n) is 24.4. The maximum absolute atomic E-state index is 13.0.